The monoisotopic (exact) mass is 259 g/mol. The molecule has 2 aromatic heterocycles. The quantitative estimate of drug-likeness (QED) is 0.777. The van der Waals surface area contributed by atoms with Crippen LogP contribution < -0.4 is 5.32 Å². The third kappa shape index (κ3) is 2.00. The molecule has 3 aromatic rings. The van der Waals surface area contributed by atoms with Crippen molar-refractivity contribution >= 4 is 5.78 Å². The number of rotatable bonds is 3. The SMILES string of the molecule is CNCc1cn2nc(-c3cccc(F)c3)n(C)c2n1. The van der Waals surface area contributed by atoms with E-state index in [1.54, 1.807) is 10.6 Å². The van der Waals surface area contributed by atoms with Crippen LogP contribution in [0.25, 0.3) is 17.2 Å². The van der Waals surface area contributed by atoms with Crippen LogP contribution in [0.1, 0.15) is 5.69 Å². The van der Waals surface area contributed by atoms with Gasteiger partial charge in [-0.1, -0.05) is 12.1 Å². The average Bonchev–Trinajstić information content (AvgIpc) is 2.90. The Morgan fingerprint density at radius 2 is 2.21 bits per heavy atom. The van der Waals surface area contributed by atoms with Gasteiger partial charge in [-0.15, -0.1) is 5.10 Å². The molecule has 0 aliphatic rings. The molecule has 0 amide bonds. The van der Waals surface area contributed by atoms with E-state index in [1.165, 1.54) is 12.1 Å². The van der Waals surface area contributed by atoms with Gasteiger partial charge >= 0.3 is 0 Å². The van der Waals surface area contributed by atoms with Crippen molar-refractivity contribution < 1.29 is 4.39 Å². The Morgan fingerprint density at radius 1 is 1.37 bits per heavy atom. The molecule has 0 atom stereocenters. The van der Waals surface area contributed by atoms with Gasteiger partial charge in [0.05, 0.1) is 11.9 Å². The van der Waals surface area contributed by atoms with E-state index in [9.17, 15) is 4.39 Å². The molecular formula is C13H14FN5. The Labute approximate surface area is 109 Å². The van der Waals surface area contributed by atoms with E-state index in [2.05, 4.69) is 15.4 Å². The molecule has 3 rings (SSSR count). The van der Waals surface area contributed by atoms with Crippen LogP contribution in [-0.4, -0.2) is 26.2 Å². The molecule has 0 saturated heterocycles. The number of benzene rings is 1. The normalized spacial score (nSPS) is 11.3. The van der Waals surface area contributed by atoms with Crippen LogP contribution in [0, 0.1) is 5.82 Å². The van der Waals surface area contributed by atoms with Crippen molar-refractivity contribution in [1.29, 1.82) is 0 Å². The largest absolute Gasteiger partial charge is 0.314 e. The van der Waals surface area contributed by atoms with E-state index >= 15 is 0 Å². The summed E-state index contributed by atoms with van der Waals surface area (Å²) in [5, 5.41) is 7.49. The molecule has 0 aliphatic heterocycles. The highest BCUT2D eigenvalue weighted by atomic mass is 19.1. The zero-order chi connectivity index (χ0) is 13.4. The summed E-state index contributed by atoms with van der Waals surface area (Å²) in [7, 11) is 3.74. The Balaban J connectivity index is 2.10. The van der Waals surface area contributed by atoms with Crippen molar-refractivity contribution in [2.75, 3.05) is 7.05 Å². The second kappa shape index (κ2) is 4.47. The second-order valence-electron chi connectivity index (χ2n) is 4.40. The van der Waals surface area contributed by atoms with E-state index in [0.29, 0.717) is 12.4 Å². The van der Waals surface area contributed by atoms with Gasteiger partial charge in [0.15, 0.2) is 5.82 Å². The number of nitrogens with one attached hydrogen (secondary N) is 1. The fourth-order valence-corrected chi connectivity index (χ4v) is 2.12. The van der Waals surface area contributed by atoms with E-state index in [-0.39, 0.29) is 5.82 Å². The lowest BCUT2D eigenvalue weighted by atomic mass is 10.2. The summed E-state index contributed by atoms with van der Waals surface area (Å²) in [5.41, 5.74) is 1.66. The lowest BCUT2D eigenvalue weighted by molar-refractivity contribution is 0.628. The summed E-state index contributed by atoms with van der Waals surface area (Å²) >= 11 is 0. The van der Waals surface area contributed by atoms with E-state index in [0.717, 1.165) is 17.0 Å². The minimum absolute atomic E-state index is 0.269. The molecule has 19 heavy (non-hydrogen) atoms. The third-order valence-corrected chi connectivity index (χ3v) is 2.98. The van der Waals surface area contributed by atoms with E-state index < -0.39 is 0 Å². The molecule has 0 aliphatic carbocycles. The van der Waals surface area contributed by atoms with Crippen LogP contribution in [0.3, 0.4) is 0 Å². The van der Waals surface area contributed by atoms with Crippen molar-refractivity contribution in [3.05, 3.63) is 42.0 Å². The first kappa shape index (κ1) is 11.9. The first-order chi connectivity index (χ1) is 9.19. The Morgan fingerprint density at radius 3 is 2.89 bits per heavy atom. The third-order valence-electron chi connectivity index (χ3n) is 2.98. The summed E-state index contributed by atoms with van der Waals surface area (Å²) in [5.74, 6) is 1.16. The molecule has 6 heteroatoms. The summed E-state index contributed by atoms with van der Waals surface area (Å²) in [4.78, 5) is 4.48. The highest BCUT2D eigenvalue weighted by molar-refractivity contribution is 5.58. The van der Waals surface area contributed by atoms with E-state index in [4.69, 9.17) is 0 Å². The molecule has 1 N–H and O–H groups in total. The number of halogens is 1. The maximum absolute atomic E-state index is 13.3. The van der Waals surface area contributed by atoms with Gasteiger partial charge in [-0.05, 0) is 19.2 Å². The van der Waals surface area contributed by atoms with Crippen molar-refractivity contribution in [2.45, 2.75) is 6.54 Å². The van der Waals surface area contributed by atoms with Gasteiger partial charge in [0, 0.05) is 19.2 Å². The number of imidazole rings is 1. The van der Waals surface area contributed by atoms with Gasteiger partial charge in [0.25, 0.3) is 0 Å². The summed E-state index contributed by atoms with van der Waals surface area (Å²) < 4.78 is 16.8. The molecule has 0 spiro atoms. The Bertz CT molecular complexity index is 728. The van der Waals surface area contributed by atoms with Crippen LogP contribution in [0.15, 0.2) is 30.5 Å². The van der Waals surface area contributed by atoms with Crippen LogP contribution in [0.5, 0.6) is 0 Å². The molecule has 0 bridgehead atoms. The Hall–Kier alpha value is -2.21. The standard InChI is InChI=1S/C13H14FN5/c1-15-7-11-8-19-13(16-11)18(2)12(17-19)9-4-3-5-10(14)6-9/h3-6,8,15H,7H2,1-2H3. The molecule has 0 radical (unpaired) electrons. The highest BCUT2D eigenvalue weighted by Gasteiger charge is 2.13. The number of hydrogen-bond acceptors (Lipinski definition) is 3. The zero-order valence-corrected chi connectivity index (χ0v) is 10.8. The van der Waals surface area contributed by atoms with Crippen LogP contribution >= 0.6 is 0 Å². The zero-order valence-electron chi connectivity index (χ0n) is 10.8. The smallest absolute Gasteiger partial charge is 0.232 e. The number of fused-ring (bicyclic) bond motifs is 1. The molecule has 0 unspecified atom stereocenters. The minimum Gasteiger partial charge on any atom is -0.314 e. The number of aryl methyl sites for hydroxylation is 1. The van der Waals surface area contributed by atoms with Crippen LogP contribution in [0.2, 0.25) is 0 Å². The number of hydrogen-bond donors (Lipinski definition) is 1. The van der Waals surface area contributed by atoms with Gasteiger partial charge in [0.1, 0.15) is 5.82 Å². The summed E-state index contributed by atoms with van der Waals surface area (Å²) in [6.45, 7) is 0.693. The lowest BCUT2D eigenvalue weighted by Crippen LogP contribution is -2.05. The molecular weight excluding hydrogens is 245 g/mol. The van der Waals surface area contributed by atoms with Crippen LogP contribution in [0.4, 0.5) is 4.39 Å². The fraction of sp³-hybridized carbons (Fsp3) is 0.231. The predicted octanol–water partition coefficient (Wildman–Crippen LogP) is 1.59. The van der Waals surface area contributed by atoms with Crippen molar-refractivity contribution in [3.63, 3.8) is 0 Å². The fourth-order valence-electron chi connectivity index (χ4n) is 2.12. The van der Waals surface area contributed by atoms with Gasteiger partial charge in [-0.3, -0.25) is 4.57 Å². The van der Waals surface area contributed by atoms with Gasteiger partial charge in [-0.25, -0.2) is 13.9 Å². The number of aromatic nitrogens is 4. The minimum atomic E-state index is -0.269. The Kier molecular flexibility index (Phi) is 2.79. The molecule has 2 heterocycles. The van der Waals surface area contributed by atoms with Crippen molar-refractivity contribution in [2.24, 2.45) is 7.05 Å². The van der Waals surface area contributed by atoms with Gasteiger partial charge in [0.2, 0.25) is 5.78 Å². The number of nitrogens with zero attached hydrogens (tertiary/aromatic N) is 4. The topological polar surface area (TPSA) is 47.1 Å². The molecule has 5 nitrogen and oxygen atoms in total. The molecule has 0 saturated carbocycles. The van der Waals surface area contributed by atoms with Crippen LogP contribution in [-0.2, 0) is 13.6 Å². The second-order valence-corrected chi connectivity index (χ2v) is 4.40. The van der Waals surface area contributed by atoms with E-state index in [1.807, 2.05) is 30.9 Å². The van der Waals surface area contributed by atoms with Crippen molar-refractivity contribution in [1.82, 2.24) is 24.5 Å². The first-order valence-electron chi connectivity index (χ1n) is 6.00. The molecule has 98 valence electrons. The first-order valence-corrected chi connectivity index (χ1v) is 6.00. The molecule has 1 aromatic carbocycles. The van der Waals surface area contributed by atoms with Gasteiger partial charge < -0.3 is 5.32 Å². The maximum Gasteiger partial charge on any atom is 0.232 e. The molecule has 0 fully saturated rings. The summed E-state index contributed by atoms with van der Waals surface area (Å²) in [6.07, 6.45) is 1.87. The predicted molar refractivity (Wildman–Crippen MR) is 70.1 cm³/mol. The van der Waals surface area contributed by atoms with Crippen molar-refractivity contribution in [3.8, 4) is 11.4 Å². The lowest BCUT2D eigenvalue weighted by Gasteiger charge is -2.00. The average molecular weight is 259 g/mol. The van der Waals surface area contributed by atoms with Gasteiger partial charge in [-0.2, -0.15) is 0 Å². The maximum atomic E-state index is 13.3. The highest BCUT2D eigenvalue weighted by Crippen LogP contribution is 2.20. The summed E-state index contributed by atoms with van der Waals surface area (Å²) in [6, 6.07) is 6.40.